The minimum absolute atomic E-state index is 0.125. The van der Waals surface area contributed by atoms with E-state index in [1.807, 2.05) is 0 Å². The fourth-order valence-electron chi connectivity index (χ4n) is 1.20. The number of anilines is 1. The first-order valence-corrected chi connectivity index (χ1v) is 5.25. The molecular formula is C11H14F2N2O3. The van der Waals surface area contributed by atoms with Crippen molar-refractivity contribution in [3.05, 3.63) is 24.3 Å². The van der Waals surface area contributed by atoms with Gasteiger partial charge < -0.3 is 20.5 Å². The van der Waals surface area contributed by atoms with Crippen LogP contribution >= 0.6 is 0 Å². The Kier molecular flexibility index (Phi) is 5.31. The van der Waals surface area contributed by atoms with Crippen molar-refractivity contribution in [3.8, 4) is 5.75 Å². The van der Waals surface area contributed by atoms with Crippen molar-refractivity contribution in [2.45, 2.75) is 19.6 Å². The highest BCUT2D eigenvalue weighted by Gasteiger charge is 2.12. The van der Waals surface area contributed by atoms with E-state index in [1.54, 1.807) is 13.0 Å². The van der Waals surface area contributed by atoms with Crippen LogP contribution < -0.4 is 15.4 Å². The molecule has 0 saturated carbocycles. The lowest BCUT2D eigenvalue weighted by molar-refractivity contribution is -0.0493. The number of halogens is 2. The minimum Gasteiger partial charge on any atom is -0.433 e. The predicted molar refractivity (Wildman–Crippen MR) is 61.8 cm³/mol. The maximum Gasteiger partial charge on any atom is 0.387 e. The number of hydrogen-bond acceptors (Lipinski definition) is 3. The Morgan fingerprint density at radius 3 is 2.72 bits per heavy atom. The number of rotatable bonds is 5. The zero-order chi connectivity index (χ0) is 13.5. The van der Waals surface area contributed by atoms with Gasteiger partial charge in [0, 0.05) is 0 Å². The number of aliphatic hydroxyl groups excluding tert-OH is 1. The molecule has 0 fully saturated rings. The number of para-hydroxylation sites is 2. The molecule has 2 amide bonds. The average molecular weight is 260 g/mol. The molecule has 1 rings (SSSR count). The van der Waals surface area contributed by atoms with Gasteiger partial charge in [0.25, 0.3) is 0 Å². The lowest BCUT2D eigenvalue weighted by Crippen LogP contribution is -2.38. The number of amides is 2. The maximum absolute atomic E-state index is 12.1. The number of ether oxygens (including phenoxy) is 1. The molecule has 3 N–H and O–H groups in total. The van der Waals surface area contributed by atoms with Crippen LogP contribution in [0, 0.1) is 0 Å². The monoisotopic (exact) mass is 260 g/mol. The first-order chi connectivity index (χ1) is 8.52. The van der Waals surface area contributed by atoms with Gasteiger partial charge >= 0.3 is 12.6 Å². The molecule has 1 aromatic rings. The molecule has 1 aromatic carbocycles. The van der Waals surface area contributed by atoms with E-state index in [-0.39, 0.29) is 18.0 Å². The molecule has 0 radical (unpaired) electrons. The summed E-state index contributed by atoms with van der Waals surface area (Å²) in [7, 11) is 0. The molecule has 0 bridgehead atoms. The van der Waals surface area contributed by atoms with Crippen molar-refractivity contribution >= 4 is 11.7 Å². The van der Waals surface area contributed by atoms with E-state index in [0.29, 0.717) is 0 Å². The minimum atomic E-state index is -2.97. The highest BCUT2D eigenvalue weighted by molar-refractivity contribution is 5.91. The summed E-state index contributed by atoms with van der Waals surface area (Å²) in [4.78, 5) is 11.4. The molecule has 0 aliphatic heterocycles. The third-order valence-corrected chi connectivity index (χ3v) is 2.00. The lowest BCUT2D eigenvalue weighted by atomic mass is 10.3. The summed E-state index contributed by atoms with van der Waals surface area (Å²) in [6.07, 6.45) is 0. The number of alkyl halides is 2. The van der Waals surface area contributed by atoms with Crippen molar-refractivity contribution < 1.29 is 23.4 Å². The summed E-state index contributed by atoms with van der Waals surface area (Å²) in [6.45, 7) is -1.59. The second-order valence-corrected chi connectivity index (χ2v) is 3.56. The van der Waals surface area contributed by atoms with Gasteiger partial charge in [0.15, 0.2) is 0 Å². The van der Waals surface area contributed by atoms with Crippen LogP contribution in [0.2, 0.25) is 0 Å². The fourth-order valence-corrected chi connectivity index (χ4v) is 1.20. The van der Waals surface area contributed by atoms with Crippen molar-refractivity contribution in [1.82, 2.24) is 5.32 Å². The summed E-state index contributed by atoms with van der Waals surface area (Å²) >= 11 is 0. The predicted octanol–water partition coefficient (Wildman–Crippen LogP) is 1.79. The highest BCUT2D eigenvalue weighted by Crippen LogP contribution is 2.25. The van der Waals surface area contributed by atoms with E-state index in [9.17, 15) is 13.6 Å². The van der Waals surface area contributed by atoms with Crippen LogP contribution in [0.1, 0.15) is 6.92 Å². The molecule has 0 spiro atoms. The molecule has 0 saturated heterocycles. The molecule has 18 heavy (non-hydrogen) atoms. The third-order valence-electron chi connectivity index (χ3n) is 2.00. The summed E-state index contributed by atoms with van der Waals surface area (Å²) in [5, 5.41) is 13.5. The second-order valence-electron chi connectivity index (χ2n) is 3.56. The molecule has 0 aromatic heterocycles. The van der Waals surface area contributed by atoms with Crippen LogP contribution in [-0.2, 0) is 0 Å². The molecule has 0 heterocycles. The van der Waals surface area contributed by atoms with Crippen LogP contribution in [0.3, 0.4) is 0 Å². The van der Waals surface area contributed by atoms with E-state index >= 15 is 0 Å². The van der Waals surface area contributed by atoms with Crippen LogP contribution in [0.25, 0.3) is 0 Å². The summed E-state index contributed by atoms with van der Waals surface area (Å²) in [6, 6.07) is 4.79. The molecule has 0 aliphatic carbocycles. The van der Waals surface area contributed by atoms with Gasteiger partial charge in [0.2, 0.25) is 0 Å². The van der Waals surface area contributed by atoms with Gasteiger partial charge in [0.1, 0.15) is 5.75 Å². The first-order valence-electron chi connectivity index (χ1n) is 5.25. The number of carbonyl (C=O) groups excluding carboxylic acids is 1. The molecular weight excluding hydrogens is 246 g/mol. The molecule has 100 valence electrons. The van der Waals surface area contributed by atoms with Gasteiger partial charge in [-0.3, -0.25) is 0 Å². The molecule has 5 nitrogen and oxygen atoms in total. The van der Waals surface area contributed by atoms with Crippen molar-refractivity contribution in [2.75, 3.05) is 11.9 Å². The lowest BCUT2D eigenvalue weighted by Gasteiger charge is -2.14. The number of hydrogen-bond donors (Lipinski definition) is 3. The zero-order valence-corrected chi connectivity index (χ0v) is 9.69. The number of benzene rings is 1. The molecule has 7 heteroatoms. The van der Waals surface area contributed by atoms with E-state index in [1.165, 1.54) is 18.2 Å². The highest BCUT2D eigenvalue weighted by atomic mass is 19.3. The summed E-state index contributed by atoms with van der Waals surface area (Å²) in [5.41, 5.74) is 0.125. The van der Waals surface area contributed by atoms with E-state index < -0.39 is 18.7 Å². The fraction of sp³-hybridized carbons (Fsp3) is 0.364. The Hall–Kier alpha value is -1.89. The number of aliphatic hydroxyl groups is 1. The van der Waals surface area contributed by atoms with Crippen molar-refractivity contribution in [1.29, 1.82) is 0 Å². The molecule has 1 atom stereocenters. The topological polar surface area (TPSA) is 70.6 Å². The summed E-state index contributed by atoms with van der Waals surface area (Å²) < 4.78 is 28.5. The van der Waals surface area contributed by atoms with Crippen LogP contribution in [0.4, 0.5) is 19.3 Å². The van der Waals surface area contributed by atoms with Crippen LogP contribution in [-0.4, -0.2) is 30.4 Å². The Bertz CT molecular complexity index is 402. The van der Waals surface area contributed by atoms with E-state index in [0.717, 1.165) is 0 Å². The van der Waals surface area contributed by atoms with E-state index in [4.69, 9.17) is 5.11 Å². The Balaban J connectivity index is 2.68. The first kappa shape index (κ1) is 14.2. The number of urea groups is 1. The zero-order valence-electron chi connectivity index (χ0n) is 9.69. The van der Waals surface area contributed by atoms with Crippen LogP contribution in [0.15, 0.2) is 24.3 Å². The van der Waals surface area contributed by atoms with Gasteiger partial charge in [-0.1, -0.05) is 12.1 Å². The van der Waals surface area contributed by atoms with Gasteiger partial charge in [-0.2, -0.15) is 8.78 Å². The SMILES string of the molecule is C[C@H](CO)NC(=O)Nc1ccccc1OC(F)F. The molecule has 0 unspecified atom stereocenters. The van der Waals surface area contributed by atoms with Crippen molar-refractivity contribution in [2.24, 2.45) is 0 Å². The van der Waals surface area contributed by atoms with Crippen molar-refractivity contribution in [3.63, 3.8) is 0 Å². The van der Waals surface area contributed by atoms with Gasteiger partial charge in [0.05, 0.1) is 18.3 Å². The van der Waals surface area contributed by atoms with Gasteiger partial charge in [-0.25, -0.2) is 4.79 Å². The Labute approximate surface area is 103 Å². The number of nitrogens with one attached hydrogen (secondary N) is 2. The summed E-state index contributed by atoms with van der Waals surface area (Å²) in [5.74, 6) is -0.126. The van der Waals surface area contributed by atoms with Gasteiger partial charge in [-0.15, -0.1) is 0 Å². The number of carbonyl (C=O) groups is 1. The normalized spacial score (nSPS) is 12.1. The maximum atomic E-state index is 12.1. The van der Waals surface area contributed by atoms with Crippen LogP contribution in [0.5, 0.6) is 5.75 Å². The Morgan fingerprint density at radius 1 is 1.44 bits per heavy atom. The molecule has 0 aliphatic rings. The van der Waals surface area contributed by atoms with E-state index in [2.05, 4.69) is 15.4 Å². The second kappa shape index (κ2) is 6.75. The largest absolute Gasteiger partial charge is 0.433 e. The quantitative estimate of drug-likeness (QED) is 0.756. The third kappa shape index (κ3) is 4.54. The standard InChI is InChI=1S/C11H14F2N2O3/c1-7(6-16)14-11(17)15-8-4-2-3-5-9(8)18-10(12)13/h2-5,7,10,16H,6H2,1H3,(H2,14,15,17)/t7-/m1/s1. The average Bonchev–Trinajstić information content (AvgIpc) is 2.30. The smallest absolute Gasteiger partial charge is 0.387 e. The Morgan fingerprint density at radius 2 is 2.11 bits per heavy atom. The van der Waals surface area contributed by atoms with Gasteiger partial charge in [-0.05, 0) is 19.1 Å².